The number of ether oxygens (including phenoxy) is 3. The Bertz CT molecular complexity index is 910. The van der Waals surface area contributed by atoms with Crippen molar-refractivity contribution in [2.75, 3.05) is 13.7 Å². The quantitative estimate of drug-likeness (QED) is 0.602. The van der Waals surface area contributed by atoms with Crippen LogP contribution in [-0.4, -0.2) is 36.5 Å². The van der Waals surface area contributed by atoms with E-state index in [2.05, 4.69) is 4.74 Å². The predicted octanol–water partition coefficient (Wildman–Crippen LogP) is 2.53. The van der Waals surface area contributed by atoms with Gasteiger partial charge < -0.3 is 28.8 Å². The van der Waals surface area contributed by atoms with Crippen LogP contribution in [0.2, 0.25) is 0 Å². The van der Waals surface area contributed by atoms with Gasteiger partial charge in [-0.1, -0.05) is 6.07 Å². The van der Waals surface area contributed by atoms with Crippen molar-refractivity contribution in [3.05, 3.63) is 51.6 Å². The lowest BCUT2D eigenvalue weighted by molar-refractivity contribution is -0.143. The fourth-order valence-electron chi connectivity index (χ4n) is 2.71. The Morgan fingerprint density at radius 1 is 1.24 bits per heavy atom. The van der Waals surface area contributed by atoms with E-state index < -0.39 is 36.3 Å². The Kier molecular flexibility index (Phi) is 7.54. The van der Waals surface area contributed by atoms with Gasteiger partial charge in [0.2, 0.25) is 11.2 Å². The summed E-state index contributed by atoms with van der Waals surface area (Å²) in [5.41, 5.74) is -0.515. The molecule has 0 aliphatic heterocycles. The number of aliphatic hydroxyl groups is 1. The summed E-state index contributed by atoms with van der Waals surface area (Å²) in [5, 5.41) is 19.5. The number of aliphatic hydroxyl groups excluding tert-OH is 1. The number of hydrogen-bond donors (Lipinski definition) is 2. The molecule has 0 unspecified atom stereocenters. The van der Waals surface area contributed by atoms with E-state index in [1.807, 2.05) is 0 Å². The molecule has 1 aromatic heterocycles. The summed E-state index contributed by atoms with van der Waals surface area (Å²) in [6.45, 7) is -1.98. The molecule has 0 saturated heterocycles. The van der Waals surface area contributed by atoms with Gasteiger partial charge in [0.05, 0.1) is 26.1 Å². The second-order valence-corrected chi connectivity index (χ2v) is 5.80. The maximum absolute atomic E-state index is 12.6. The first-order valence-corrected chi connectivity index (χ1v) is 8.55. The van der Waals surface area contributed by atoms with Crippen LogP contribution in [0.15, 0.2) is 33.5 Å². The molecular weight excluding hydrogens is 394 g/mol. The number of benzene rings is 1. The summed E-state index contributed by atoms with van der Waals surface area (Å²) < 4.78 is 44.9. The lowest BCUT2D eigenvalue weighted by Crippen LogP contribution is -2.15. The first-order valence-electron chi connectivity index (χ1n) is 8.55. The van der Waals surface area contributed by atoms with Crippen molar-refractivity contribution in [3.8, 4) is 17.2 Å². The van der Waals surface area contributed by atoms with Gasteiger partial charge in [-0.05, 0) is 24.6 Å². The second-order valence-electron chi connectivity index (χ2n) is 5.80. The average Bonchev–Trinajstić information content (AvgIpc) is 2.68. The minimum absolute atomic E-state index is 0.0585. The molecule has 2 rings (SSSR count). The zero-order valence-corrected chi connectivity index (χ0v) is 15.7. The highest BCUT2D eigenvalue weighted by atomic mass is 19.3. The molecule has 8 nitrogen and oxygen atoms in total. The Labute approximate surface area is 164 Å². The molecule has 0 radical (unpaired) electrons. The molecule has 2 aromatic rings. The minimum Gasteiger partial charge on any atom is -0.502 e. The number of carbonyl (C=O) groups is 1. The van der Waals surface area contributed by atoms with Gasteiger partial charge in [-0.2, -0.15) is 8.78 Å². The molecule has 0 aliphatic carbocycles. The van der Waals surface area contributed by atoms with Crippen LogP contribution in [0.1, 0.15) is 36.3 Å². The van der Waals surface area contributed by atoms with E-state index in [0.717, 1.165) is 6.07 Å². The third-order valence-corrected chi connectivity index (χ3v) is 3.95. The van der Waals surface area contributed by atoms with Gasteiger partial charge in [-0.15, -0.1) is 0 Å². The predicted molar refractivity (Wildman–Crippen MR) is 95.3 cm³/mol. The Morgan fingerprint density at radius 3 is 2.55 bits per heavy atom. The van der Waals surface area contributed by atoms with Crippen LogP contribution in [0.5, 0.6) is 17.2 Å². The maximum Gasteiger partial charge on any atom is 0.387 e. The van der Waals surface area contributed by atoms with E-state index in [4.69, 9.17) is 13.9 Å². The fourth-order valence-corrected chi connectivity index (χ4v) is 2.71. The van der Waals surface area contributed by atoms with Crippen LogP contribution in [0.4, 0.5) is 8.78 Å². The normalized spacial score (nSPS) is 11.9. The van der Waals surface area contributed by atoms with Crippen LogP contribution in [0.25, 0.3) is 0 Å². The third kappa shape index (κ3) is 5.44. The first-order chi connectivity index (χ1) is 13.8. The summed E-state index contributed by atoms with van der Waals surface area (Å²) in [7, 11) is 1.24. The van der Waals surface area contributed by atoms with Gasteiger partial charge in [0.1, 0.15) is 12.4 Å². The van der Waals surface area contributed by atoms with Gasteiger partial charge in [0.25, 0.3) is 0 Å². The van der Waals surface area contributed by atoms with Crippen molar-refractivity contribution < 1.29 is 42.4 Å². The largest absolute Gasteiger partial charge is 0.502 e. The highest BCUT2D eigenvalue weighted by Crippen LogP contribution is 2.38. The number of carbonyl (C=O) groups excluding carboxylic acids is 1. The smallest absolute Gasteiger partial charge is 0.387 e. The maximum atomic E-state index is 12.6. The number of hydrogen-bond acceptors (Lipinski definition) is 8. The minimum atomic E-state index is -3.08. The average molecular weight is 414 g/mol. The number of esters is 1. The Balaban J connectivity index is 2.59. The van der Waals surface area contributed by atoms with E-state index in [1.165, 1.54) is 25.3 Å². The summed E-state index contributed by atoms with van der Waals surface area (Å²) in [4.78, 5) is 24.1. The number of halogens is 2. The van der Waals surface area contributed by atoms with Crippen molar-refractivity contribution in [3.63, 3.8) is 0 Å². The molecule has 0 fully saturated rings. The highest BCUT2D eigenvalue weighted by Gasteiger charge is 2.28. The summed E-state index contributed by atoms with van der Waals surface area (Å²) in [5.74, 6) is -3.12. The topological polar surface area (TPSA) is 115 Å². The third-order valence-electron chi connectivity index (χ3n) is 3.95. The van der Waals surface area contributed by atoms with Crippen molar-refractivity contribution in [1.29, 1.82) is 0 Å². The molecule has 29 heavy (non-hydrogen) atoms. The van der Waals surface area contributed by atoms with Crippen LogP contribution >= 0.6 is 0 Å². The van der Waals surface area contributed by atoms with Gasteiger partial charge in [0.15, 0.2) is 17.3 Å². The van der Waals surface area contributed by atoms with E-state index >= 15 is 0 Å². The molecule has 0 saturated carbocycles. The summed E-state index contributed by atoms with van der Waals surface area (Å²) in [6.07, 6.45) is -0.336. The van der Waals surface area contributed by atoms with E-state index in [0.29, 0.717) is 5.56 Å². The van der Waals surface area contributed by atoms with Crippen LogP contribution in [0.3, 0.4) is 0 Å². The fraction of sp³-hybridized carbons (Fsp3) is 0.368. The van der Waals surface area contributed by atoms with Crippen molar-refractivity contribution >= 4 is 5.97 Å². The molecule has 0 bridgehead atoms. The zero-order valence-electron chi connectivity index (χ0n) is 15.7. The van der Waals surface area contributed by atoms with Crippen LogP contribution < -0.4 is 14.9 Å². The molecule has 10 heteroatoms. The first kappa shape index (κ1) is 22.2. The van der Waals surface area contributed by atoms with Crippen LogP contribution in [0, 0.1) is 0 Å². The molecule has 1 heterocycles. The zero-order chi connectivity index (χ0) is 21.6. The standard InChI is InChI=1S/C19H20F2O8/c1-3-27-16(24)8-12(18-17(25)13(23)7-11(9-22)28-18)10-4-5-14(29-19(20)21)15(6-10)26-2/h4-7,12,19,22,25H,3,8-9H2,1-2H3/t12-/m0/s1. The summed E-state index contributed by atoms with van der Waals surface area (Å²) in [6, 6.07) is 4.78. The molecule has 1 aromatic carbocycles. The number of rotatable bonds is 9. The highest BCUT2D eigenvalue weighted by molar-refractivity contribution is 5.71. The van der Waals surface area contributed by atoms with Crippen molar-refractivity contribution in [2.24, 2.45) is 0 Å². The molecular formula is C19H20F2O8. The Morgan fingerprint density at radius 2 is 1.97 bits per heavy atom. The van der Waals surface area contributed by atoms with Gasteiger partial charge >= 0.3 is 12.6 Å². The molecule has 0 aliphatic rings. The Hall–Kier alpha value is -3.14. The van der Waals surface area contributed by atoms with Gasteiger partial charge in [0, 0.05) is 6.07 Å². The van der Waals surface area contributed by atoms with E-state index in [1.54, 1.807) is 6.92 Å². The molecule has 1 atom stereocenters. The molecule has 2 N–H and O–H groups in total. The number of alkyl halides is 2. The monoisotopic (exact) mass is 414 g/mol. The number of methoxy groups -OCH3 is 1. The summed E-state index contributed by atoms with van der Waals surface area (Å²) >= 11 is 0. The van der Waals surface area contributed by atoms with Crippen LogP contribution in [-0.2, 0) is 16.1 Å². The second kappa shape index (κ2) is 9.87. The molecule has 158 valence electrons. The van der Waals surface area contributed by atoms with E-state index in [9.17, 15) is 28.6 Å². The lowest BCUT2D eigenvalue weighted by Gasteiger charge is -2.19. The van der Waals surface area contributed by atoms with Crippen molar-refractivity contribution in [1.82, 2.24) is 0 Å². The lowest BCUT2D eigenvalue weighted by atomic mass is 9.92. The number of aromatic hydroxyl groups is 1. The molecule has 0 amide bonds. The van der Waals surface area contributed by atoms with Gasteiger partial charge in [-0.3, -0.25) is 9.59 Å². The van der Waals surface area contributed by atoms with E-state index in [-0.39, 0.29) is 36.0 Å². The SMILES string of the molecule is CCOC(=O)C[C@@H](c1ccc(OC(F)F)c(OC)c1)c1oc(CO)cc(=O)c1O. The van der Waals surface area contributed by atoms with Gasteiger partial charge in [-0.25, -0.2) is 0 Å². The van der Waals surface area contributed by atoms with Crippen molar-refractivity contribution in [2.45, 2.75) is 32.5 Å². The molecule has 0 spiro atoms.